The van der Waals surface area contributed by atoms with Gasteiger partial charge in [0.25, 0.3) is 0 Å². The SMILES string of the molecule is Cc1cccc(-c2ccc3c4c(ccc(-c5cccc(C)c5)c24)C([N+]#N)=C3O)c1. The molecule has 138 valence electrons. The second-order valence-corrected chi connectivity index (χ2v) is 7.61. The summed E-state index contributed by atoms with van der Waals surface area (Å²) in [5.41, 5.74) is 8.49. The Labute approximate surface area is 169 Å². The van der Waals surface area contributed by atoms with Crippen LogP contribution >= 0.6 is 0 Å². The molecule has 0 aromatic heterocycles. The van der Waals surface area contributed by atoms with Crippen molar-refractivity contribution in [3.8, 4) is 22.3 Å². The van der Waals surface area contributed by atoms with E-state index >= 15 is 0 Å². The number of aryl methyl sites for hydroxylation is 2. The molecule has 0 atom stereocenters. The van der Waals surface area contributed by atoms with Crippen molar-refractivity contribution in [2.24, 2.45) is 0 Å². The molecule has 3 nitrogen and oxygen atoms in total. The van der Waals surface area contributed by atoms with Crippen molar-refractivity contribution in [1.29, 1.82) is 5.39 Å². The van der Waals surface area contributed by atoms with Gasteiger partial charge in [-0.1, -0.05) is 71.8 Å². The van der Waals surface area contributed by atoms with Crippen LogP contribution in [0.2, 0.25) is 0 Å². The molecule has 1 aliphatic carbocycles. The fourth-order valence-corrected chi connectivity index (χ4v) is 4.35. The van der Waals surface area contributed by atoms with Crippen LogP contribution in [0.15, 0.2) is 72.8 Å². The van der Waals surface area contributed by atoms with E-state index in [0.29, 0.717) is 5.56 Å². The zero-order valence-electron chi connectivity index (χ0n) is 16.3. The molecule has 0 saturated heterocycles. The summed E-state index contributed by atoms with van der Waals surface area (Å²) < 4.78 is 0. The molecule has 0 heterocycles. The minimum absolute atomic E-state index is 0.0182. The Morgan fingerprint density at radius 3 is 1.66 bits per heavy atom. The molecule has 0 amide bonds. The quantitative estimate of drug-likeness (QED) is 0.373. The number of rotatable bonds is 2. The molecule has 0 fully saturated rings. The third-order valence-corrected chi connectivity index (χ3v) is 5.65. The molecule has 0 bridgehead atoms. The summed E-state index contributed by atoms with van der Waals surface area (Å²) in [6, 6.07) is 24.8. The first-order valence-corrected chi connectivity index (χ1v) is 9.61. The number of hydrogen-bond acceptors (Lipinski definition) is 2. The van der Waals surface area contributed by atoms with Crippen LogP contribution in [0.1, 0.15) is 22.3 Å². The Morgan fingerprint density at radius 1 is 0.655 bits per heavy atom. The smallest absolute Gasteiger partial charge is 0.434 e. The Morgan fingerprint density at radius 2 is 1.14 bits per heavy atom. The molecule has 4 aromatic rings. The fraction of sp³-hybridized carbons (Fsp3) is 0.0769. The van der Waals surface area contributed by atoms with Gasteiger partial charge < -0.3 is 5.11 Å². The number of hydrogen-bond donors (Lipinski definition) is 1. The fourth-order valence-electron chi connectivity index (χ4n) is 4.35. The summed E-state index contributed by atoms with van der Waals surface area (Å²) in [6.07, 6.45) is 0. The van der Waals surface area contributed by atoms with Crippen molar-refractivity contribution in [1.82, 2.24) is 0 Å². The van der Waals surface area contributed by atoms with Gasteiger partial charge in [0.2, 0.25) is 11.2 Å². The van der Waals surface area contributed by atoms with E-state index in [1.165, 1.54) is 11.1 Å². The van der Waals surface area contributed by atoms with Gasteiger partial charge >= 0.3 is 5.70 Å². The zero-order valence-corrected chi connectivity index (χ0v) is 16.3. The minimum atomic E-state index is 0.0182. The summed E-state index contributed by atoms with van der Waals surface area (Å²) >= 11 is 0. The van der Waals surface area contributed by atoms with Gasteiger partial charge in [0.15, 0.2) is 4.98 Å². The molecule has 0 spiro atoms. The van der Waals surface area contributed by atoms with Crippen LogP contribution in [0.4, 0.5) is 0 Å². The maximum atomic E-state index is 10.7. The standard InChI is InChI=1S/C26H18N2O/c1-15-5-3-7-17(13-15)19-9-11-21-24-22(26(29)25(21)28-27)12-10-20(23(19)24)18-8-4-6-16(2)14-18/h3-14H,1-2H3/p+1. The highest BCUT2D eigenvalue weighted by atomic mass is 16.3. The molecule has 29 heavy (non-hydrogen) atoms. The summed E-state index contributed by atoms with van der Waals surface area (Å²) in [6.45, 7) is 4.17. The van der Waals surface area contributed by atoms with E-state index in [9.17, 15) is 10.5 Å². The van der Waals surface area contributed by atoms with Gasteiger partial charge in [0.05, 0.1) is 5.56 Å². The number of diazo groups is 1. The Hall–Kier alpha value is -3.90. The first kappa shape index (κ1) is 17.2. The summed E-state index contributed by atoms with van der Waals surface area (Å²) in [4.78, 5) is 3.37. The summed E-state index contributed by atoms with van der Waals surface area (Å²) in [5.74, 6) is 0.0182. The van der Waals surface area contributed by atoms with Crippen LogP contribution in [0.3, 0.4) is 0 Å². The summed E-state index contributed by atoms with van der Waals surface area (Å²) in [5, 5.41) is 22.2. The number of aliphatic hydroxyl groups is 1. The predicted octanol–water partition coefficient (Wildman–Crippen LogP) is 7.34. The predicted molar refractivity (Wildman–Crippen MR) is 119 cm³/mol. The lowest BCUT2D eigenvalue weighted by Gasteiger charge is -2.15. The topological polar surface area (TPSA) is 48.4 Å². The van der Waals surface area contributed by atoms with Crippen LogP contribution < -0.4 is 0 Å². The highest BCUT2D eigenvalue weighted by Crippen LogP contribution is 2.48. The van der Waals surface area contributed by atoms with E-state index in [2.05, 4.69) is 73.4 Å². The number of nitrogens with zero attached hydrogens (tertiary/aromatic N) is 2. The van der Waals surface area contributed by atoms with E-state index in [-0.39, 0.29) is 11.5 Å². The van der Waals surface area contributed by atoms with Gasteiger partial charge in [-0.15, -0.1) is 0 Å². The molecular weight excluding hydrogens is 356 g/mol. The van der Waals surface area contributed by atoms with Gasteiger partial charge in [-0.3, -0.25) is 0 Å². The van der Waals surface area contributed by atoms with Gasteiger partial charge in [0, 0.05) is 10.9 Å². The zero-order chi connectivity index (χ0) is 20.1. The molecule has 3 heteroatoms. The summed E-state index contributed by atoms with van der Waals surface area (Å²) in [7, 11) is 0. The van der Waals surface area contributed by atoms with Crippen LogP contribution in [0.5, 0.6) is 0 Å². The Kier molecular flexibility index (Phi) is 3.75. The maximum Gasteiger partial charge on any atom is 0.434 e. The molecule has 0 saturated carbocycles. The lowest BCUT2D eigenvalue weighted by Crippen LogP contribution is -1.91. The van der Waals surface area contributed by atoms with E-state index in [1.54, 1.807) is 0 Å². The van der Waals surface area contributed by atoms with Crippen LogP contribution in [-0.2, 0) is 0 Å². The van der Waals surface area contributed by atoms with Crippen molar-refractivity contribution in [2.45, 2.75) is 13.8 Å². The average molecular weight is 375 g/mol. The molecule has 1 aliphatic rings. The third kappa shape index (κ3) is 2.54. The molecule has 5 rings (SSSR count). The van der Waals surface area contributed by atoms with Gasteiger partial charge in [0.1, 0.15) is 0 Å². The Balaban J connectivity index is 1.94. The second-order valence-electron chi connectivity index (χ2n) is 7.61. The van der Waals surface area contributed by atoms with E-state index in [0.717, 1.165) is 38.6 Å². The highest BCUT2D eigenvalue weighted by Gasteiger charge is 2.35. The molecule has 0 aliphatic heterocycles. The molecule has 1 N–H and O–H groups in total. The first-order chi connectivity index (χ1) is 14.1. The van der Waals surface area contributed by atoms with E-state index < -0.39 is 0 Å². The first-order valence-electron chi connectivity index (χ1n) is 9.61. The average Bonchev–Trinajstić information content (AvgIpc) is 3.01. The lowest BCUT2D eigenvalue weighted by atomic mass is 9.88. The van der Waals surface area contributed by atoms with Crippen LogP contribution in [0, 0.1) is 19.2 Å². The van der Waals surface area contributed by atoms with Gasteiger partial charge in [-0.05, 0) is 53.6 Å². The van der Waals surface area contributed by atoms with E-state index in [1.807, 2.05) is 18.2 Å². The number of aliphatic hydroxyl groups excluding tert-OH is 1. The monoisotopic (exact) mass is 375 g/mol. The number of benzene rings is 4. The second kappa shape index (κ2) is 6.32. The van der Waals surface area contributed by atoms with Crippen molar-refractivity contribution in [3.63, 3.8) is 0 Å². The maximum absolute atomic E-state index is 10.7. The Bertz CT molecular complexity index is 1340. The van der Waals surface area contributed by atoms with E-state index in [4.69, 9.17) is 0 Å². The van der Waals surface area contributed by atoms with Gasteiger partial charge in [-0.2, -0.15) is 0 Å². The van der Waals surface area contributed by atoms with Crippen LogP contribution in [0.25, 0.3) is 49.5 Å². The normalized spacial score (nSPS) is 12.4. The largest absolute Gasteiger partial charge is 0.501 e. The van der Waals surface area contributed by atoms with Crippen molar-refractivity contribution in [2.75, 3.05) is 0 Å². The highest BCUT2D eigenvalue weighted by molar-refractivity contribution is 6.20. The van der Waals surface area contributed by atoms with Gasteiger partial charge in [-0.25, -0.2) is 0 Å². The molecule has 0 unspecified atom stereocenters. The molecular formula is C26H19N2O+. The van der Waals surface area contributed by atoms with Crippen molar-refractivity contribution < 1.29 is 5.11 Å². The molecule has 4 aromatic carbocycles. The molecule has 0 radical (unpaired) electrons. The third-order valence-electron chi connectivity index (χ3n) is 5.65. The minimum Gasteiger partial charge on any atom is -0.501 e. The van der Waals surface area contributed by atoms with Crippen LogP contribution in [-0.4, -0.2) is 5.11 Å². The van der Waals surface area contributed by atoms with Crippen molar-refractivity contribution in [3.05, 3.63) is 100 Å². The lowest BCUT2D eigenvalue weighted by molar-refractivity contribution is 0.516. The van der Waals surface area contributed by atoms with Crippen molar-refractivity contribution >= 4 is 22.2 Å².